The lowest BCUT2D eigenvalue weighted by atomic mass is 10.2. The van der Waals surface area contributed by atoms with Gasteiger partial charge in [-0.05, 0) is 50.1 Å². The summed E-state index contributed by atoms with van der Waals surface area (Å²) in [4.78, 5) is 13.6. The highest BCUT2D eigenvalue weighted by Gasteiger charge is 2.18. The van der Waals surface area contributed by atoms with E-state index in [0.717, 1.165) is 31.6 Å². The number of benzene rings is 2. The minimum Gasteiger partial charge on any atom is -0.371 e. The van der Waals surface area contributed by atoms with Crippen molar-refractivity contribution in [3.05, 3.63) is 53.1 Å². The summed E-state index contributed by atoms with van der Waals surface area (Å²) in [7, 11) is -3.78. The predicted octanol–water partition coefficient (Wildman–Crippen LogP) is 3.94. The molecule has 2 aromatic rings. The Balaban J connectivity index is 1.87. The standard InChI is InChI=1S/C18H19ClN2O3S/c1-13(22)14-4-7-16(8-5-14)25(23,24)20-18-12-15(6-9-17(18)19)21-10-2-3-11-21/h4-9,12,20H,2-3,10-11H2,1H3. The molecule has 0 aromatic heterocycles. The second kappa shape index (κ2) is 7.06. The van der Waals surface area contributed by atoms with Crippen LogP contribution in [0.25, 0.3) is 0 Å². The summed E-state index contributed by atoms with van der Waals surface area (Å²) >= 11 is 6.17. The quantitative estimate of drug-likeness (QED) is 0.800. The van der Waals surface area contributed by atoms with Crippen molar-refractivity contribution in [2.75, 3.05) is 22.7 Å². The SMILES string of the molecule is CC(=O)c1ccc(S(=O)(=O)Nc2cc(N3CCCC3)ccc2Cl)cc1. The van der Waals surface area contributed by atoms with Gasteiger partial charge in [-0.25, -0.2) is 8.42 Å². The average Bonchev–Trinajstić information content (AvgIpc) is 3.11. The summed E-state index contributed by atoms with van der Waals surface area (Å²) in [5, 5.41) is 0.340. The topological polar surface area (TPSA) is 66.5 Å². The average molecular weight is 379 g/mol. The summed E-state index contributed by atoms with van der Waals surface area (Å²) in [6.07, 6.45) is 2.26. The van der Waals surface area contributed by atoms with Crippen LogP contribution in [0.5, 0.6) is 0 Å². The maximum Gasteiger partial charge on any atom is 0.261 e. The third kappa shape index (κ3) is 3.96. The molecular formula is C18H19ClN2O3S. The molecule has 5 nitrogen and oxygen atoms in total. The fourth-order valence-corrected chi connectivity index (χ4v) is 4.13. The van der Waals surface area contributed by atoms with Crippen LogP contribution in [0.3, 0.4) is 0 Å². The normalized spacial score (nSPS) is 14.6. The van der Waals surface area contributed by atoms with E-state index in [0.29, 0.717) is 16.3 Å². The van der Waals surface area contributed by atoms with Crippen molar-refractivity contribution >= 4 is 38.8 Å². The number of nitrogens with zero attached hydrogens (tertiary/aromatic N) is 1. The molecule has 1 saturated heterocycles. The van der Waals surface area contributed by atoms with Gasteiger partial charge in [0.2, 0.25) is 0 Å². The molecule has 0 unspecified atom stereocenters. The Labute approximate surface area is 152 Å². The highest BCUT2D eigenvalue weighted by molar-refractivity contribution is 7.92. The van der Waals surface area contributed by atoms with Crippen molar-refractivity contribution in [3.63, 3.8) is 0 Å². The second-order valence-corrected chi connectivity index (χ2v) is 8.13. The van der Waals surface area contributed by atoms with Crippen molar-refractivity contribution in [2.24, 2.45) is 0 Å². The molecule has 0 radical (unpaired) electrons. The van der Waals surface area contributed by atoms with Gasteiger partial charge in [0.25, 0.3) is 10.0 Å². The summed E-state index contributed by atoms with van der Waals surface area (Å²) in [5.41, 5.74) is 1.77. The molecule has 0 saturated carbocycles. The molecule has 25 heavy (non-hydrogen) atoms. The molecule has 0 bridgehead atoms. The molecule has 0 spiro atoms. The molecule has 1 heterocycles. The first kappa shape index (κ1) is 17.8. The maximum atomic E-state index is 12.6. The number of carbonyl (C=O) groups excluding carboxylic acids is 1. The van der Waals surface area contributed by atoms with Gasteiger partial charge in [-0.3, -0.25) is 9.52 Å². The molecule has 1 aliphatic heterocycles. The zero-order valence-electron chi connectivity index (χ0n) is 13.8. The van der Waals surface area contributed by atoms with Gasteiger partial charge in [0.15, 0.2) is 5.78 Å². The van der Waals surface area contributed by atoms with E-state index in [1.54, 1.807) is 12.1 Å². The van der Waals surface area contributed by atoms with Crippen molar-refractivity contribution in [1.82, 2.24) is 0 Å². The number of sulfonamides is 1. The monoisotopic (exact) mass is 378 g/mol. The number of hydrogen-bond donors (Lipinski definition) is 1. The fourth-order valence-electron chi connectivity index (χ4n) is 2.84. The van der Waals surface area contributed by atoms with E-state index in [4.69, 9.17) is 11.6 Å². The van der Waals surface area contributed by atoms with Crippen LogP contribution in [0.2, 0.25) is 5.02 Å². The summed E-state index contributed by atoms with van der Waals surface area (Å²) in [5.74, 6) is -0.113. The van der Waals surface area contributed by atoms with Crippen molar-refractivity contribution in [2.45, 2.75) is 24.7 Å². The van der Waals surface area contributed by atoms with E-state index in [2.05, 4.69) is 9.62 Å². The van der Waals surface area contributed by atoms with E-state index in [1.165, 1.54) is 31.2 Å². The lowest BCUT2D eigenvalue weighted by Gasteiger charge is -2.19. The van der Waals surface area contributed by atoms with Crippen LogP contribution in [-0.2, 0) is 10.0 Å². The van der Waals surface area contributed by atoms with E-state index < -0.39 is 10.0 Å². The third-order valence-electron chi connectivity index (χ3n) is 4.24. The number of halogens is 1. The largest absolute Gasteiger partial charge is 0.371 e. The molecule has 7 heteroatoms. The van der Waals surface area contributed by atoms with Gasteiger partial charge in [-0.15, -0.1) is 0 Å². The summed E-state index contributed by atoms with van der Waals surface area (Å²) < 4.78 is 27.7. The minimum absolute atomic E-state index is 0.0835. The Kier molecular flexibility index (Phi) is 5.01. The highest BCUT2D eigenvalue weighted by Crippen LogP contribution is 2.31. The van der Waals surface area contributed by atoms with E-state index in [1.807, 2.05) is 6.07 Å². The van der Waals surface area contributed by atoms with Gasteiger partial charge in [0.1, 0.15) is 0 Å². The molecule has 1 N–H and O–H groups in total. The first-order chi connectivity index (χ1) is 11.9. The van der Waals surface area contributed by atoms with Crippen molar-refractivity contribution < 1.29 is 13.2 Å². The number of Topliss-reactive ketones (excluding diaryl/α,β-unsaturated/α-hetero) is 1. The summed E-state index contributed by atoms with van der Waals surface area (Å²) in [6, 6.07) is 11.2. The predicted molar refractivity (Wildman–Crippen MR) is 100 cm³/mol. The van der Waals surface area contributed by atoms with Crippen LogP contribution < -0.4 is 9.62 Å². The number of ketones is 1. The van der Waals surface area contributed by atoms with Crippen LogP contribution in [0.1, 0.15) is 30.1 Å². The van der Waals surface area contributed by atoms with E-state index in [9.17, 15) is 13.2 Å². The number of rotatable bonds is 5. The molecule has 0 atom stereocenters. The molecule has 132 valence electrons. The Hall–Kier alpha value is -2.05. The third-order valence-corrected chi connectivity index (χ3v) is 5.95. The number of hydrogen-bond acceptors (Lipinski definition) is 4. The van der Waals surface area contributed by atoms with E-state index >= 15 is 0 Å². The second-order valence-electron chi connectivity index (χ2n) is 6.04. The smallest absolute Gasteiger partial charge is 0.261 e. The number of carbonyl (C=O) groups is 1. The summed E-state index contributed by atoms with van der Waals surface area (Å²) in [6.45, 7) is 3.35. The Bertz CT molecular complexity index is 889. The van der Waals surface area contributed by atoms with Crippen LogP contribution in [0.4, 0.5) is 11.4 Å². The van der Waals surface area contributed by atoms with Crippen LogP contribution >= 0.6 is 11.6 Å². The zero-order valence-corrected chi connectivity index (χ0v) is 15.4. The van der Waals surface area contributed by atoms with Gasteiger partial charge in [-0.1, -0.05) is 23.7 Å². The Morgan fingerprint density at radius 2 is 1.72 bits per heavy atom. The lowest BCUT2D eigenvalue weighted by Crippen LogP contribution is -2.18. The maximum absolute atomic E-state index is 12.6. The van der Waals surface area contributed by atoms with Crippen molar-refractivity contribution in [3.8, 4) is 0 Å². The molecule has 0 aliphatic carbocycles. The highest BCUT2D eigenvalue weighted by atomic mass is 35.5. The van der Waals surface area contributed by atoms with Gasteiger partial charge in [0, 0.05) is 24.3 Å². The lowest BCUT2D eigenvalue weighted by molar-refractivity contribution is 0.101. The van der Waals surface area contributed by atoms with Crippen molar-refractivity contribution in [1.29, 1.82) is 0 Å². The Morgan fingerprint density at radius 3 is 2.32 bits per heavy atom. The molecule has 0 amide bonds. The molecule has 3 rings (SSSR count). The van der Waals surface area contributed by atoms with Crippen LogP contribution in [-0.4, -0.2) is 27.3 Å². The van der Waals surface area contributed by atoms with Gasteiger partial charge >= 0.3 is 0 Å². The molecular weight excluding hydrogens is 360 g/mol. The number of nitrogens with one attached hydrogen (secondary N) is 1. The molecule has 1 aliphatic rings. The zero-order chi connectivity index (χ0) is 18.0. The van der Waals surface area contributed by atoms with Crippen LogP contribution in [0.15, 0.2) is 47.4 Å². The van der Waals surface area contributed by atoms with Crippen LogP contribution in [0, 0.1) is 0 Å². The minimum atomic E-state index is -3.78. The number of anilines is 2. The van der Waals surface area contributed by atoms with Gasteiger partial charge in [0.05, 0.1) is 15.6 Å². The van der Waals surface area contributed by atoms with Gasteiger partial charge < -0.3 is 4.90 Å². The first-order valence-corrected chi connectivity index (χ1v) is 9.91. The first-order valence-electron chi connectivity index (χ1n) is 8.05. The fraction of sp³-hybridized carbons (Fsp3) is 0.278. The Morgan fingerprint density at radius 1 is 1.08 bits per heavy atom. The van der Waals surface area contributed by atoms with E-state index in [-0.39, 0.29) is 10.7 Å². The molecule has 2 aromatic carbocycles. The van der Waals surface area contributed by atoms with Gasteiger partial charge in [-0.2, -0.15) is 0 Å². The molecule has 1 fully saturated rings.